The van der Waals surface area contributed by atoms with Gasteiger partial charge in [0, 0.05) is 40.0 Å². The Morgan fingerprint density at radius 3 is 2.75 bits per heavy atom. The lowest BCUT2D eigenvalue weighted by Gasteiger charge is -2.38. The summed E-state index contributed by atoms with van der Waals surface area (Å²) in [6.45, 7) is 3.46. The Balaban J connectivity index is 1.97. The molecular weight excluding hydrogens is 258 g/mol. The highest BCUT2D eigenvalue weighted by atomic mass is 16.5. The first-order chi connectivity index (χ1) is 9.72. The van der Waals surface area contributed by atoms with Gasteiger partial charge >= 0.3 is 0 Å². The van der Waals surface area contributed by atoms with E-state index < -0.39 is 5.41 Å². The molecule has 2 heterocycles. The Morgan fingerprint density at radius 1 is 1.35 bits per heavy atom. The Hall–Kier alpha value is -0.650. The lowest BCUT2D eigenvalue weighted by atomic mass is 9.79. The van der Waals surface area contributed by atoms with Crippen LogP contribution < -0.4 is 0 Å². The normalized spacial score (nSPS) is 27.1. The first-order valence-electron chi connectivity index (χ1n) is 7.69. The van der Waals surface area contributed by atoms with E-state index in [0.717, 1.165) is 39.0 Å². The van der Waals surface area contributed by atoms with Crippen LogP contribution >= 0.6 is 0 Å². The number of carbonyl (C=O) groups is 1. The third-order valence-corrected chi connectivity index (χ3v) is 4.74. The molecule has 1 atom stereocenters. The minimum absolute atomic E-state index is 0.0623. The van der Waals surface area contributed by atoms with Crippen molar-refractivity contribution in [2.75, 3.05) is 46.6 Å². The van der Waals surface area contributed by atoms with Crippen LogP contribution in [0.25, 0.3) is 0 Å². The van der Waals surface area contributed by atoms with Gasteiger partial charge in [0.15, 0.2) is 0 Å². The molecule has 1 N–H and O–H groups in total. The van der Waals surface area contributed by atoms with Crippen molar-refractivity contribution in [3.63, 3.8) is 0 Å². The second kappa shape index (κ2) is 7.38. The van der Waals surface area contributed by atoms with Gasteiger partial charge in [0.25, 0.3) is 0 Å². The van der Waals surface area contributed by atoms with E-state index in [1.807, 2.05) is 4.90 Å². The molecule has 116 valence electrons. The van der Waals surface area contributed by atoms with Crippen molar-refractivity contribution >= 4 is 5.91 Å². The summed E-state index contributed by atoms with van der Waals surface area (Å²) in [6.07, 6.45) is 4.42. The molecule has 2 aliphatic heterocycles. The van der Waals surface area contributed by atoms with Gasteiger partial charge in [-0.25, -0.2) is 0 Å². The molecule has 0 spiro atoms. The van der Waals surface area contributed by atoms with Crippen molar-refractivity contribution in [3.8, 4) is 0 Å². The van der Waals surface area contributed by atoms with Crippen LogP contribution in [0, 0.1) is 11.3 Å². The molecule has 5 heteroatoms. The Morgan fingerprint density at radius 2 is 2.10 bits per heavy atom. The lowest BCUT2D eigenvalue weighted by molar-refractivity contribution is -0.151. The van der Waals surface area contributed by atoms with Crippen LogP contribution in [0.1, 0.15) is 32.1 Å². The summed E-state index contributed by atoms with van der Waals surface area (Å²) in [7, 11) is 1.73. The van der Waals surface area contributed by atoms with E-state index in [2.05, 4.69) is 0 Å². The molecule has 0 bridgehead atoms. The standard InChI is InChI=1S/C15H27NO4/c1-19-11-13-3-2-7-16(8-4-13)14(18)15(12-17)5-9-20-10-6-15/h13,17H,2-12H2,1H3. The number of aliphatic hydroxyl groups is 1. The smallest absolute Gasteiger partial charge is 0.231 e. The summed E-state index contributed by atoms with van der Waals surface area (Å²) in [5, 5.41) is 9.73. The van der Waals surface area contributed by atoms with Gasteiger partial charge in [0.05, 0.1) is 12.0 Å². The highest BCUT2D eigenvalue weighted by Crippen LogP contribution is 2.33. The number of aliphatic hydroxyl groups excluding tert-OH is 1. The van der Waals surface area contributed by atoms with Gasteiger partial charge in [0.2, 0.25) is 5.91 Å². The molecule has 0 aromatic rings. The Kier molecular flexibility index (Phi) is 5.81. The number of rotatable bonds is 4. The summed E-state index contributed by atoms with van der Waals surface area (Å²) in [5.41, 5.74) is -0.598. The Bertz CT molecular complexity index is 315. The molecule has 2 rings (SSSR count). The number of carbonyl (C=O) groups excluding carboxylic acids is 1. The minimum Gasteiger partial charge on any atom is -0.395 e. The molecular formula is C15H27NO4. The maximum atomic E-state index is 12.8. The van der Waals surface area contributed by atoms with Gasteiger partial charge in [-0.1, -0.05) is 0 Å². The van der Waals surface area contributed by atoms with Gasteiger partial charge < -0.3 is 19.5 Å². The monoisotopic (exact) mass is 285 g/mol. The maximum Gasteiger partial charge on any atom is 0.231 e. The van der Waals surface area contributed by atoms with E-state index in [9.17, 15) is 9.90 Å². The molecule has 0 aromatic heterocycles. The molecule has 2 fully saturated rings. The van der Waals surface area contributed by atoms with Crippen molar-refractivity contribution in [1.82, 2.24) is 4.90 Å². The number of methoxy groups -OCH3 is 1. The average Bonchev–Trinajstić information content (AvgIpc) is 2.73. The van der Waals surface area contributed by atoms with Gasteiger partial charge in [-0.15, -0.1) is 0 Å². The third kappa shape index (κ3) is 3.51. The zero-order chi connectivity index (χ0) is 14.4. The molecule has 2 saturated heterocycles. The van der Waals surface area contributed by atoms with Crippen LogP contribution in [0.15, 0.2) is 0 Å². The number of ether oxygens (including phenoxy) is 2. The van der Waals surface area contributed by atoms with Gasteiger partial charge in [-0.3, -0.25) is 4.79 Å². The molecule has 0 aliphatic carbocycles. The molecule has 1 amide bonds. The molecule has 0 saturated carbocycles. The van der Waals surface area contributed by atoms with Crippen LogP contribution in [-0.2, 0) is 14.3 Å². The van der Waals surface area contributed by atoms with Crippen LogP contribution in [-0.4, -0.2) is 62.5 Å². The van der Waals surface area contributed by atoms with Crippen LogP contribution in [0.4, 0.5) is 0 Å². The van der Waals surface area contributed by atoms with Crippen molar-refractivity contribution in [2.45, 2.75) is 32.1 Å². The van der Waals surface area contributed by atoms with Crippen LogP contribution in [0.3, 0.4) is 0 Å². The highest BCUT2D eigenvalue weighted by molar-refractivity contribution is 5.83. The fourth-order valence-corrected chi connectivity index (χ4v) is 3.31. The van der Waals surface area contributed by atoms with E-state index in [1.54, 1.807) is 7.11 Å². The largest absolute Gasteiger partial charge is 0.395 e. The van der Waals surface area contributed by atoms with Crippen molar-refractivity contribution in [1.29, 1.82) is 0 Å². The first kappa shape index (κ1) is 15.7. The summed E-state index contributed by atoms with van der Waals surface area (Å²) < 4.78 is 10.6. The number of amides is 1. The topological polar surface area (TPSA) is 59.0 Å². The SMILES string of the molecule is COCC1CCCN(C(=O)C2(CO)CCOCC2)CC1. The predicted octanol–water partition coefficient (Wildman–Crippen LogP) is 1.05. The van der Waals surface area contributed by atoms with E-state index >= 15 is 0 Å². The van der Waals surface area contributed by atoms with E-state index in [0.29, 0.717) is 32.0 Å². The van der Waals surface area contributed by atoms with Crippen LogP contribution in [0.2, 0.25) is 0 Å². The lowest BCUT2D eigenvalue weighted by Crippen LogP contribution is -2.49. The third-order valence-electron chi connectivity index (χ3n) is 4.74. The zero-order valence-corrected chi connectivity index (χ0v) is 12.5. The number of likely N-dealkylation sites (tertiary alicyclic amines) is 1. The van der Waals surface area contributed by atoms with E-state index in [-0.39, 0.29) is 12.5 Å². The number of nitrogens with zero attached hydrogens (tertiary/aromatic N) is 1. The summed E-state index contributed by atoms with van der Waals surface area (Å²) in [4.78, 5) is 14.8. The van der Waals surface area contributed by atoms with Crippen LogP contribution in [0.5, 0.6) is 0 Å². The zero-order valence-electron chi connectivity index (χ0n) is 12.5. The summed E-state index contributed by atoms with van der Waals surface area (Å²) in [6, 6.07) is 0. The molecule has 1 unspecified atom stereocenters. The average molecular weight is 285 g/mol. The molecule has 5 nitrogen and oxygen atoms in total. The molecule has 0 aromatic carbocycles. The summed E-state index contributed by atoms with van der Waals surface area (Å²) >= 11 is 0. The quantitative estimate of drug-likeness (QED) is 0.839. The second-order valence-electron chi connectivity index (χ2n) is 6.10. The predicted molar refractivity (Wildman–Crippen MR) is 75.4 cm³/mol. The minimum atomic E-state index is -0.598. The molecule has 2 aliphatic rings. The fraction of sp³-hybridized carbons (Fsp3) is 0.933. The molecule has 20 heavy (non-hydrogen) atoms. The Labute approximate surface area is 121 Å². The first-order valence-corrected chi connectivity index (χ1v) is 7.69. The van der Waals surface area contributed by atoms with Crippen molar-refractivity contribution in [3.05, 3.63) is 0 Å². The maximum absolute atomic E-state index is 12.8. The number of hydrogen-bond donors (Lipinski definition) is 1. The van der Waals surface area contributed by atoms with Gasteiger partial charge in [0.1, 0.15) is 0 Å². The van der Waals surface area contributed by atoms with Gasteiger partial charge in [-0.2, -0.15) is 0 Å². The second-order valence-corrected chi connectivity index (χ2v) is 6.10. The van der Waals surface area contributed by atoms with Gasteiger partial charge in [-0.05, 0) is 38.0 Å². The summed E-state index contributed by atoms with van der Waals surface area (Å²) in [5.74, 6) is 0.680. The van der Waals surface area contributed by atoms with Crippen molar-refractivity contribution < 1.29 is 19.4 Å². The highest BCUT2D eigenvalue weighted by Gasteiger charge is 2.42. The van der Waals surface area contributed by atoms with E-state index in [4.69, 9.17) is 9.47 Å². The fourth-order valence-electron chi connectivity index (χ4n) is 3.31. The molecule has 0 radical (unpaired) electrons. The number of hydrogen-bond acceptors (Lipinski definition) is 4. The van der Waals surface area contributed by atoms with Crippen molar-refractivity contribution in [2.24, 2.45) is 11.3 Å². The van der Waals surface area contributed by atoms with E-state index in [1.165, 1.54) is 0 Å².